The molecule has 5 rings (SSSR count). The topological polar surface area (TPSA) is 78.6 Å². The molecule has 5 aromatic rings. The molecule has 0 saturated carbocycles. The zero-order chi connectivity index (χ0) is 21.9. The number of ether oxygens (including phenoxy) is 1. The van der Waals surface area contributed by atoms with Crippen molar-refractivity contribution in [2.75, 3.05) is 13.7 Å². The molecule has 0 atom stereocenters. The van der Waals surface area contributed by atoms with Gasteiger partial charge in [-0.15, -0.1) is 21.5 Å². The van der Waals surface area contributed by atoms with Crippen LogP contribution in [-0.4, -0.2) is 43.4 Å². The van der Waals surface area contributed by atoms with E-state index in [2.05, 4.69) is 30.5 Å². The van der Waals surface area contributed by atoms with Crippen LogP contribution in [0.3, 0.4) is 0 Å². The lowest BCUT2D eigenvalue weighted by Crippen LogP contribution is -2.07. The zero-order valence-corrected chi connectivity index (χ0v) is 19.4. The summed E-state index contributed by atoms with van der Waals surface area (Å²) in [6, 6.07) is 11.6. The van der Waals surface area contributed by atoms with Crippen molar-refractivity contribution in [3.05, 3.63) is 65.5 Å². The van der Waals surface area contributed by atoms with Crippen molar-refractivity contribution >= 4 is 44.9 Å². The Kier molecular flexibility index (Phi) is 6.13. The Morgan fingerprint density at radius 3 is 2.62 bits per heavy atom. The van der Waals surface area contributed by atoms with Crippen LogP contribution in [0.5, 0.6) is 0 Å². The molecule has 0 saturated heterocycles. The van der Waals surface area contributed by atoms with E-state index in [0.717, 1.165) is 42.9 Å². The number of fused-ring (bicyclic) bond motifs is 1. The van der Waals surface area contributed by atoms with Crippen molar-refractivity contribution in [2.45, 2.75) is 16.7 Å². The summed E-state index contributed by atoms with van der Waals surface area (Å²) >= 11 is 9.15. The number of hydrogen-bond donors (Lipinski definition) is 0. The Hall–Kier alpha value is -2.85. The molecule has 0 aliphatic heterocycles. The first kappa shape index (κ1) is 21.0. The minimum atomic E-state index is 0.539. The highest BCUT2D eigenvalue weighted by atomic mass is 35.5. The first-order valence-electron chi connectivity index (χ1n) is 9.73. The maximum atomic E-state index is 6.08. The highest BCUT2D eigenvalue weighted by molar-refractivity contribution is 7.99. The second-order valence-electron chi connectivity index (χ2n) is 6.80. The lowest BCUT2D eigenvalue weighted by molar-refractivity contribution is 0.185. The number of pyridine rings is 1. The van der Waals surface area contributed by atoms with Crippen LogP contribution in [0.1, 0.15) is 0 Å². The predicted molar refractivity (Wildman–Crippen MR) is 127 cm³/mol. The maximum absolute atomic E-state index is 6.08. The number of methoxy groups -OCH3 is 1. The van der Waals surface area contributed by atoms with Crippen LogP contribution >= 0.6 is 34.7 Å². The van der Waals surface area contributed by atoms with Gasteiger partial charge in [-0.05, 0) is 41.6 Å². The lowest BCUT2D eigenvalue weighted by atomic mass is 10.1. The summed E-state index contributed by atoms with van der Waals surface area (Å²) in [5.41, 5.74) is 3.08. The second kappa shape index (κ2) is 9.33. The van der Waals surface area contributed by atoms with Crippen molar-refractivity contribution in [3.8, 4) is 22.5 Å². The average molecular weight is 481 g/mol. The van der Waals surface area contributed by atoms with Crippen molar-refractivity contribution in [1.29, 1.82) is 0 Å². The lowest BCUT2D eigenvalue weighted by Gasteiger charge is -2.10. The van der Waals surface area contributed by atoms with Gasteiger partial charge in [-0.2, -0.15) is 0 Å². The van der Waals surface area contributed by atoms with Crippen molar-refractivity contribution in [2.24, 2.45) is 0 Å². The maximum Gasteiger partial charge on any atom is 0.197 e. The van der Waals surface area contributed by atoms with Gasteiger partial charge in [-0.3, -0.25) is 9.55 Å². The van der Waals surface area contributed by atoms with Gasteiger partial charge in [0.1, 0.15) is 16.2 Å². The van der Waals surface area contributed by atoms with Crippen molar-refractivity contribution in [1.82, 2.24) is 29.7 Å². The Morgan fingerprint density at radius 2 is 1.84 bits per heavy atom. The van der Waals surface area contributed by atoms with Crippen LogP contribution in [0.25, 0.3) is 32.7 Å². The molecule has 1 aromatic carbocycles. The molecule has 0 bridgehead atoms. The minimum absolute atomic E-state index is 0.539. The fourth-order valence-electron chi connectivity index (χ4n) is 3.32. The first-order valence-corrected chi connectivity index (χ1v) is 11.8. The molecule has 4 heterocycles. The summed E-state index contributed by atoms with van der Waals surface area (Å²) in [4.78, 5) is 14.1. The number of benzene rings is 1. The third kappa shape index (κ3) is 4.12. The number of rotatable bonds is 7. The number of thiophene rings is 1. The SMILES string of the molecule is COCCn1c(Sc2ncnc3scc(-c4ccc(Cl)cc4)c23)nnc1-c1ccncc1. The number of hydrogen-bond acceptors (Lipinski definition) is 8. The van der Waals surface area contributed by atoms with Crippen LogP contribution in [0.4, 0.5) is 0 Å². The molecule has 0 amide bonds. The van der Waals surface area contributed by atoms with Gasteiger partial charge in [0.25, 0.3) is 0 Å². The number of aromatic nitrogens is 6. The second-order valence-corrected chi connectivity index (χ2v) is 9.05. The molecule has 0 aliphatic carbocycles. The third-order valence-electron chi connectivity index (χ3n) is 4.85. The van der Waals surface area contributed by atoms with E-state index >= 15 is 0 Å². The fraction of sp³-hybridized carbons (Fsp3) is 0.136. The van der Waals surface area contributed by atoms with Crippen LogP contribution in [0, 0.1) is 0 Å². The summed E-state index contributed by atoms with van der Waals surface area (Å²) in [5.74, 6) is 0.764. The quantitative estimate of drug-likeness (QED) is 0.286. The number of halogens is 1. The molecule has 32 heavy (non-hydrogen) atoms. The fourth-order valence-corrected chi connectivity index (χ4v) is 5.37. The molecule has 0 radical (unpaired) electrons. The van der Waals surface area contributed by atoms with Gasteiger partial charge in [0.2, 0.25) is 0 Å². The average Bonchev–Trinajstić information content (AvgIpc) is 3.44. The van der Waals surface area contributed by atoms with E-state index in [1.165, 1.54) is 11.8 Å². The monoisotopic (exact) mass is 480 g/mol. The molecule has 10 heteroatoms. The minimum Gasteiger partial charge on any atom is -0.383 e. The predicted octanol–water partition coefficient (Wildman–Crippen LogP) is 5.46. The molecule has 0 fully saturated rings. The van der Waals surface area contributed by atoms with E-state index in [-0.39, 0.29) is 0 Å². The van der Waals surface area contributed by atoms with Crippen LogP contribution in [-0.2, 0) is 11.3 Å². The first-order chi connectivity index (χ1) is 15.7. The van der Waals surface area contributed by atoms with E-state index in [9.17, 15) is 0 Å². The summed E-state index contributed by atoms with van der Waals surface area (Å²) in [7, 11) is 1.68. The van der Waals surface area contributed by atoms with Crippen molar-refractivity contribution in [3.63, 3.8) is 0 Å². The van der Waals surface area contributed by atoms with E-state index < -0.39 is 0 Å². The zero-order valence-electron chi connectivity index (χ0n) is 17.0. The third-order valence-corrected chi connectivity index (χ3v) is 6.98. The molecule has 7 nitrogen and oxygen atoms in total. The van der Waals surface area contributed by atoms with Gasteiger partial charge in [0.15, 0.2) is 11.0 Å². The Bertz CT molecular complexity index is 1350. The van der Waals surface area contributed by atoms with E-state index in [4.69, 9.17) is 16.3 Å². The van der Waals surface area contributed by atoms with Gasteiger partial charge < -0.3 is 4.74 Å². The molecular formula is C22H17ClN6OS2. The van der Waals surface area contributed by atoms with E-state index in [0.29, 0.717) is 18.2 Å². The summed E-state index contributed by atoms with van der Waals surface area (Å²) in [6.07, 6.45) is 5.08. The van der Waals surface area contributed by atoms with E-state index in [1.54, 1.807) is 37.2 Å². The van der Waals surface area contributed by atoms with Crippen LogP contribution in [0.15, 0.2) is 70.7 Å². The Balaban J connectivity index is 1.58. The molecule has 0 N–H and O–H groups in total. The summed E-state index contributed by atoms with van der Waals surface area (Å²) < 4.78 is 7.37. The number of nitrogens with zero attached hydrogens (tertiary/aromatic N) is 6. The molecular weight excluding hydrogens is 464 g/mol. The summed E-state index contributed by atoms with van der Waals surface area (Å²) in [6.45, 7) is 1.16. The Labute approximate surface area is 197 Å². The van der Waals surface area contributed by atoms with Crippen molar-refractivity contribution < 1.29 is 4.74 Å². The van der Waals surface area contributed by atoms with Crippen LogP contribution in [0.2, 0.25) is 5.02 Å². The molecule has 0 spiro atoms. The van der Waals surface area contributed by atoms with Gasteiger partial charge in [0, 0.05) is 41.0 Å². The largest absolute Gasteiger partial charge is 0.383 e. The standard InChI is InChI=1S/C22H17ClN6OS2/c1-30-11-10-29-19(15-6-8-24-9-7-15)27-28-22(29)32-21-18-17(12-31-20(18)25-13-26-21)14-2-4-16(23)5-3-14/h2-9,12-13H,10-11H2,1H3. The van der Waals surface area contributed by atoms with Gasteiger partial charge >= 0.3 is 0 Å². The molecule has 0 aliphatic rings. The van der Waals surface area contributed by atoms with Gasteiger partial charge in [0.05, 0.1) is 18.5 Å². The highest BCUT2D eigenvalue weighted by Gasteiger charge is 2.19. The van der Waals surface area contributed by atoms with Gasteiger partial charge in [-0.25, -0.2) is 9.97 Å². The van der Waals surface area contributed by atoms with Crippen LogP contribution < -0.4 is 0 Å². The van der Waals surface area contributed by atoms with E-state index in [1.807, 2.05) is 41.0 Å². The summed E-state index contributed by atoms with van der Waals surface area (Å²) in [5, 5.41) is 14.3. The smallest absolute Gasteiger partial charge is 0.197 e. The van der Waals surface area contributed by atoms with Gasteiger partial charge in [-0.1, -0.05) is 23.7 Å². The Morgan fingerprint density at radius 1 is 1.03 bits per heavy atom. The molecule has 0 unspecified atom stereocenters. The normalized spacial score (nSPS) is 11.3. The molecule has 4 aromatic heterocycles. The molecule has 160 valence electrons. The highest BCUT2D eigenvalue weighted by Crippen LogP contribution is 2.40.